The van der Waals surface area contributed by atoms with Crippen LogP contribution in [0, 0.1) is 5.92 Å². The number of carbonyl (C=O) groups is 2. The van der Waals surface area contributed by atoms with Gasteiger partial charge in [-0.3, -0.25) is 4.79 Å². The van der Waals surface area contributed by atoms with Crippen LogP contribution in [0.3, 0.4) is 0 Å². The third-order valence-electron chi connectivity index (χ3n) is 2.00. The molecule has 13 heavy (non-hydrogen) atoms. The summed E-state index contributed by atoms with van der Waals surface area (Å²) in [5.74, 6) is 0.374. The summed E-state index contributed by atoms with van der Waals surface area (Å²) in [6.07, 6.45) is 0.767. The second-order valence-corrected chi connectivity index (χ2v) is 3.59. The van der Waals surface area contributed by atoms with Gasteiger partial charge in [0.15, 0.2) is 0 Å². The van der Waals surface area contributed by atoms with E-state index in [1.165, 1.54) is 4.90 Å². The number of rotatable bonds is 3. The van der Waals surface area contributed by atoms with Gasteiger partial charge in [-0.2, -0.15) is 0 Å². The van der Waals surface area contributed by atoms with Gasteiger partial charge in [0.05, 0.1) is 6.54 Å². The van der Waals surface area contributed by atoms with Crippen LogP contribution in [-0.4, -0.2) is 30.1 Å². The number of hydrogen-bond donors (Lipinski definition) is 0. The lowest BCUT2D eigenvalue weighted by Crippen LogP contribution is -2.31. The molecule has 0 N–H and O–H groups in total. The maximum atomic E-state index is 11.4. The van der Waals surface area contributed by atoms with Crippen LogP contribution in [0.4, 0.5) is 4.79 Å². The Morgan fingerprint density at radius 1 is 1.62 bits per heavy atom. The first-order valence-electron chi connectivity index (χ1n) is 4.58. The summed E-state index contributed by atoms with van der Waals surface area (Å²) in [6.45, 7) is 4.85. The molecule has 1 fully saturated rings. The Labute approximate surface area is 77.8 Å². The summed E-state index contributed by atoms with van der Waals surface area (Å²) in [4.78, 5) is 23.5. The van der Waals surface area contributed by atoms with Crippen LogP contribution in [0.25, 0.3) is 0 Å². The molecule has 0 unspecified atom stereocenters. The van der Waals surface area contributed by atoms with E-state index < -0.39 is 6.09 Å². The van der Waals surface area contributed by atoms with Crippen molar-refractivity contribution in [3.05, 3.63) is 0 Å². The first-order valence-corrected chi connectivity index (χ1v) is 4.58. The van der Waals surface area contributed by atoms with Crippen molar-refractivity contribution >= 4 is 12.0 Å². The van der Waals surface area contributed by atoms with E-state index in [1.807, 2.05) is 0 Å². The smallest absolute Gasteiger partial charge is 0.416 e. The summed E-state index contributed by atoms with van der Waals surface area (Å²) < 4.78 is 4.66. The molecule has 0 aliphatic carbocycles. The van der Waals surface area contributed by atoms with Crippen LogP contribution in [0.2, 0.25) is 0 Å². The number of nitrogens with zero attached hydrogens (tertiary/aromatic N) is 1. The monoisotopic (exact) mass is 185 g/mol. The standard InChI is InChI=1S/C9H15NO3/c1-7(2)3-4-8(11)10-5-6-13-9(10)12/h7H,3-6H2,1-2H3. The summed E-state index contributed by atoms with van der Waals surface area (Å²) >= 11 is 0. The summed E-state index contributed by atoms with van der Waals surface area (Å²) in [5, 5.41) is 0. The quantitative estimate of drug-likeness (QED) is 0.667. The molecular weight excluding hydrogens is 170 g/mol. The Morgan fingerprint density at radius 2 is 2.31 bits per heavy atom. The normalized spacial score (nSPS) is 16.5. The Balaban J connectivity index is 2.34. The minimum atomic E-state index is -0.492. The van der Waals surface area contributed by atoms with E-state index in [1.54, 1.807) is 0 Å². The molecule has 0 aromatic rings. The number of cyclic esters (lactones) is 1. The highest BCUT2D eigenvalue weighted by atomic mass is 16.6. The predicted molar refractivity (Wildman–Crippen MR) is 47.1 cm³/mol. The molecule has 0 atom stereocenters. The fourth-order valence-corrected chi connectivity index (χ4v) is 1.17. The van der Waals surface area contributed by atoms with E-state index in [0.717, 1.165) is 6.42 Å². The van der Waals surface area contributed by atoms with Gasteiger partial charge in [0.25, 0.3) is 0 Å². The van der Waals surface area contributed by atoms with E-state index >= 15 is 0 Å². The fourth-order valence-electron chi connectivity index (χ4n) is 1.17. The highest BCUT2D eigenvalue weighted by Crippen LogP contribution is 2.10. The van der Waals surface area contributed by atoms with Crippen LogP contribution in [-0.2, 0) is 9.53 Å². The minimum Gasteiger partial charge on any atom is -0.447 e. The molecule has 0 radical (unpaired) electrons. The molecule has 1 aliphatic rings. The van der Waals surface area contributed by atoms with Crippen molar-refractivity contribution in [3.8, 4) is 0 Å². The van der Waals surface area contributed by atoms with Crippen LogP contribution in [0.1, 0.15) is 26.7 Å². The second kappa shape index (κ2) is 4.25. The third kappa shape index (κ3) is 2.72. The molecule has 0 bridgehead atoms. The Morgan fingerprint density at radius 3 is 2.77 bits per heavy atom. The average Bonchev–Trinajstić information content (AvgIpc) is 2.47. The van der Waals surface area contributed by atoms with Crippen molar-refractivity contribution in [2.75, 3.05) is 13.2 Å². The number of hydrogen-bond acceptors (Lipinski definition) is 3. The summed E-state index contributed by atoms with van der Waals surface area (Å²) in [7, 11) is 0. The Hall–Kier alpha value is -1.06. The molecule has 0 aromatic carbocycles. The summed E-state index contributed by atoms with van der Waals surface area (Å²) in [5.41, 5.74) is 0. The lowest BCUT2D eigenvalue weighted by atomic mass is 10.1. The van der Waals surface area contributed by atoms with Gasteiger partial charge in [0, 0.05) is 6.42 Å². The first kappa shape index (κ1) is 10.0. The van der Waals surface area contributed by atoms with Gasteiger partial charge in [0.1, 0.15) is 6.61 Å². The van der Waals surface area contributed by atoms with Crippen LogP contribution in [0.15, 0.2) is 0 Å². The molecule has 2 amide bonds. The number of ether oxygens (including phenoxy) is 1. The molecule has 1 heterocycles. The highest BCUT2D eigenvalue weighted by molar-refractivity contribution is 5.92. The van der Waals surface area contributed by atoms with Gasteiger partial charge in [-0.15, -0.1) is 0 Å². The van der Waals surface area contributed by atoms with Crippen molar-refractivity contribution in [3.63, 3.8) is 0 Å². The van der Waals surface area contributed by atoms with E-state index in [4.69, 9.17) is 0 Å². The molecule has 1 aliphatic heterocycles. The molecule has 0 aromatic heterocycles. The van der Waals surface area contributed by atoms with Crippen molar-refractivity contribution in [1.29, 1.82) is 0 Å². The van der Waals surface area contributed by atoms with Crippen molar-refractivity contribution < 1.29 is 14.3 Å². The van der Waals surface area contributed by atoms with Gasteiger partial charge < -0.3 is 4.74 Å². The van der Waals surface area contributed by atoms with Gasteiger partial charge >= 0.3 is 6.09 Å². The number of amides is 2. The van der Waals surface area contributed by atoms with Gasteiger partial charge in [-0.05, 0) is 12.3 Å². The molecule has 4 nitrogen and oxygen atoms in total. The number of carbonyl (C=O) groups excluding carboxylic acids is 2. The first-order chi connectivity index (χ1) is 6.11. The maximum absolute atomic E-state index is 11.4. The SMILES string of the molecule is CC(C)CCC(=O)N1CCOC1=O. The van der Waals surface area contributed by atoms with Gasteiger partial charge in [-0.1, -0.05) is 13.8 Å². The minimum absolute atomic E-state index is 0.115. The Kier molecular flexibility index (Phi) is 3.28. The van der Waals surface area contributed by atoms with Crippen LogP contribution in [0.5, 0.6) is 0 Å². The van der Waals surface area contributed by atoms with E-state index in [-0.39, 0.29) is 5.91 Å². The molecule has 1 saturated heterocycles. The van der Waals surface area contributed by atoms with Crippen molar-refractivity contribution in [2.24, 2.45) is 5.92 Å². The van der Waals surface area contributed by atoms with Crippen LogP contribution < -0.4 is 0 Å². The predicted octanol–water partition coefficient (Wildman–Crippen LogP) is 1.40. The van der Waals surface area contributed by atoms with Gasteiger partial charge in [-0.25, -0.2) is 9.69 Å². The maximum Gasteiger partial charge on any atom is 0.416 e. The lowest BCUT2D eigenvalue weighted by Gasteiger charge is -2.11. The molecule has 0 saturated carbocycles. The zero-order valence-electron chi connectivity index (χ0n) is 8.08. The topological polar surface area (TPSA) is 46.6 Å². The third-order valence-corrected chi connectivity index (χ3v) is 2.00. The van der Waals surface area contributed by atoms with E-state index in [2.05, 4.69) is 18.6 Å². The van der Waals surface area contributed by atoms with Crippen molar-refractivity contribution in [2.45, 2.75) is 26.7 Å². The molecular formula is C9H15NO3. The second-order valence-electron chi connectivity index (χ2n) is 3.59. The fraction of sp³-hybridized carbons (Fsp3) is 0.778. The highest BCUT2D eigenvalue weighted by Gasteiger charge is 2.27. The summed E-state index contributed by atoms with van der Waals surface area (Å²) in [6, 6.07) is 0. The van der Waals surface area contributed by atoms with E-state index in [0.29, 0.717) is 25.5 Å². The molecule has 1 rings (SSSR count). The van der Waals surface area contributed by atoms with Crippen molar-refractivity contribution in [1.82, 2.24) is 4.90 Å². The number of imide groups is 1. The molecule has 4 heteroatoms. The zero-order chi connectivity index (χ0) is 9.84. The average molecular weight is 185 g/mol. The largest absolute Gasteiger partial charge is 0.447 e. The Bertz CT molecular complexity index is 213. The van der Waals surface area contributed by atoms with Gasteiger partial charge in [0.2, 0.25) is 5.91 Å². The van der Waals surface area contributed by atoms with Crippen LogP contribution >= 0.6 is 0 Å². The van der Waals surface area contributed by atoms with E-state index in [9.17, 15) is 9.59 Å². The lowest BCUT2D eigenvalue weighted by molar-refractivity contribution is -0.128. The molecule has 0 spiro atoms. The zero-order valence-corrected chi connectivity index (χ0v) is 8.08. The molecule has 74 valence electrons.